The van der Waals surface area contributed by atoms with Gasteiger partial charge in [-0.05, 0) is 36.8 Å². The largest absolute Gasteiger partial charge is 0.345 e. The number of amides is 1. The van der Waals surface area contributed by atoms with Crippen molar-refractivity contribution in [2.45, 2.75) is 13.5 Å². The Hall–Kier alpha value is -2.27. The minimum Gasteiger partial charge on any atom is -0.345 e. The molecule has 106 valence electrons. The van der Waals surface area contributed by atoms with Crippen molar-refractivity contribution >= 4 is 27.5 Å². The van der Waals surface area contributed by atoms with E-state index in [1.807, 2.05) is 24.3 Å². The van der Waals surface area contributed by atoms with Gasteiger partial charge in [-0.3, -0.25) is 4.79 Å². The first-order chi connectivity index (χ1) is 10.1. The molecule has 1 heterocycles. The third-order valence-electron chi connectivity index (χ3n) is 3.11. The maximum Gasteiger partial charge on any atom is 0.254 e. The Morgan fingerprint density at radius 1 is 1.29 bits per heavy atom. The van der Waals surface area contributed by atoms with Gasteiger partial charge in [-0.25, -0.2) is 9.37 Å². The topological polar surface area (TPSA) is 42.0 Å². The zero-order chi connectivity index (χ0) is 14.8. The number of aromatic nitrogens is 1. The molecule has 0 atom stereocenters. The molecule has 0 saturated heterocycles. The summed E-state index contributed by atoms with van der Waals surface area (Å²) in [7, 11) is 0. The van der Waals surface area contributed by atoms with Crippen molar-refractivity contribution in [3.8, 4) is 0 Å². The highest BCUT2D eigenvalue weighted by Crippen LogP contribution is 2.21. The average molecular weight is 300 g/mol. The maximum absolute atomic E-state index is 13.7. The molecule has 3 nitrogen and oxygen atoms in total. The van der Waals surface area contributed by atoms with Crippen LogP contribution in [0.3, 0.4) is 0 Å². The van der Waals surface area contributed by atoms with Gasteiger partial charge in [0.2, 0.25) is 0 Å². The molecule has 0 spiro atoms. The van der Waals surface area contributed by atoms with E-state index in [4.69, 9.17) is 0 Å². The quantitative estimate of drug-likeness (QED) is 0.802. The third kappa shape index (κ3) is 2.92. The Morgan fingerprint density at radius 2 is 2.10 bits per heavy atom. The van der Waals surface area contributed by atoms with Crippen LogP contribution in [0.15, 0.2) is 42.5 Å². The number of para-hydroxylation sites is 1. The van der Waals surface area contributed by atoms with Crippen molar-refractivity contribution < 1.29 is 9.18 Å². The molecule has 0 fully saturated rings. The molecule has 1 N–H and O–H groups in total. The van der Waals surface area contributed by atoms with E-state index in [9.17, 15) is 9.18 Å². The lowest BCUT2D eigenvalue weighted by Gasteiger charge is -2.05. The number of thiazole rings is 1. The average Bonchev–Trinajstić information content (AvgIpc) is 2.87. The normalized spacial score (nSPS) is 10.8. The molecule has 3 rings (SSSR count). The van der Waals surface area contributed by atoms with E-state index in [-0.39, 0.29) is 5.56 Å². The fourth-order valence-corrected chi connectivity index (χ4v) is 2.96. The first kappa shape index (κ1) is 13.7. The maximum atomic E-state index is 13.7. The van der Waals surface area contributed by atoms with Crippen LogP contribution in [0.2, 0.25) is 0 Å². The molecule has 0 aliphatic carbocycles. The van der Waals surface area contributed by atoms with Crippen LogP contribution >= 0.6 is 11.3 Å². The number of nitrogens with one attached hydrogen (secondary N) is 1. The van der Waals surface area contributed by atoms with Crippen LogP contribution < -0.4 is 5.32 Å². The molecule has 1 amide bonds. The zero-order valence-electron chi connectivity index (χ0n) is 11.4. The minimum absolute atomic E-state index is 0.0571. The van der Waals surface area contributed by atoms with Gasteiger partial charge in [-0.1, -0.05) is 18.2 Å². The van der Waals surface area contributed by atoms with E-state index >= 15 is 0 Å². The summed E-state index contributed by atoms with van der Waals surface area (Å²) in [4.78, 5) is 16.4. The molecule has 0 bridgehead atoms. The Labute approximate surface area is 125 Å². The highest BCUT2D eigenvalue weighted by Gasteiger charge is 2.12. The van der Waals surface area contributed by atoms with Crippen LogP contribution in [-0.4, -0.2) is 10.9 Å². The lowest BCUT2D eigenvalue weighted by atomic mass is 10.1. The van der Waals surface area contributed by atoms with Crippen molar-refractivity contribution in [1.82, 2.24) is 10.3 Å². The fraction of sp³-hybridized carbons (Fsp3) is 0.125. The predicted molar refractivity (Wildman–Crippen MR) is 81.9 cm³/mol. The minimum atomic E-state index is -0.503. The van der Waals surface area contributed by atoms with Crippen LogP contribution in [-0.2, 0) is 6.54 Å². The summed E-state index contributed by atoms with van der Waals surface area (Å²) in [6, 6.07) is 12.4. The summed E-state index contributed by atoms with van der Waals surface area (Å²) in [5.74, 6) is -0.927. The summed E-state index contributed by atoms with van der Waals surface area (Å²) >= 11 is 1.52. The predicted octanol–water partition coefficient (Wildman–Crippen LogP) is 3.67. The van der Waals surface area contributed by atoms with Gasteiger partial charge in [0.1, 0.15) is 10.8 Å². The van der Waals surface area contributed by atoms with Gasteiger partial charge in [0.05, 0.1) is 22.3 Å². The van der Waals surface area contributed by atoms with Gasteiger partial charge in [0.25, 0.3) is 5.91 Å². The number of nitrogens with zero attached hydrogens (tertiary/aromatic N) is 1. The summed E-state index contributed by atoms with van der Waals surface area (Å²) in [5, 5.41) is 3.51. The van der Waals surface area contributed by atoms with Gasteiger partial charge < -0.3 is 5.32 Å². The molecule has 5 heteroatoms. The molecular formula is C16H13FN2OS. The first-order valence-corrected chi connectivity index (χ1v) is 7.34. The van der Waals surface area contributed by atoms with Crippen LogP contribution in [0, 0.1) is 12.7 Å². The standard InChI is InChI=1S/C16H13FN2OS/c1-10-6-7-11(12(17)8-10)16(20)18-9-15-19-13-4-2-3-5-14(13)21-15/h2-8H,9H2,1H3,(H,18,20). The fourth-order valence-electron chi connectivity index (χ4n) is 2.05. The Morgan fingerprint density at radius 3 is 2.86 bits per heavy atom. The van der Waals surface area contributed by atoms with E-state index in [1.165, 1.54) is 23.5 Å². The lowest BCUT2D eigenvalue weighted by Crippen LogP contribution is -2.23. The van der Waals surface area contributed by atoms with Gasteiger partial charge in [0.15, 0.2) is 0 Å². The van der Waals surface area contributed by atoms with Gasteiger partial charge in [-0.15, -0.1) is 11.3 Å². The van der Waals surface area contributed by atoms with Crippen molar-refractivity contribution in [3.63, 3.8) is 0 Å². The van der Waals surface area contributed by atoms with Crippen LogP contribution in [0.4, 0.5) is 4.39 Å². The van der Waals surface area contributed by atoms with E-state index in [0.29, 0.717) is 6.54 Å². The van der Waals surface area contributed by atoms with Crippen LogP contribution in [0.25, 0.3) is 10.2 Å². The number of rotatable bonds is 3. The van der Waals surface area contributed by atoms with Crippen molar-refractivity contribution in [1.29, 1.82) is 0 Å². The smallest absolute Gasteiger partial charge is 0.254 e. The molecule has 1 aromatic heterocycles. The summed E-state index contributed by atoms with van der Waals surface area (Å²) in [6.07, 6.45) is 0. The zero-order valence-corrected chi connectivity index (χ0v) is 12.2. The van der Waals surface area contributed by atoms with Crippen molar-refractivity contribution in [2.24, 2.45) is 0 Å². The molecule has 0 unspecified atom stereocenters. The second kappa shape index (κ2) is 5.61. The Balaban J connectivity index is 1.73. The summed E-state index contributed by atoms with van der Waals surface area (Å²) in [5.41, 5.74) is 1.75. The van der Waals surface area contributed by atoms with E-state index in [1.54, 1.807) is 13.0 Å². The molecule has 2 aromatic carbocycles. The monoisotopic (exact) mass is 300 g/mol. The molecular weight excluding hydrogens is 287 g/mol. The van der Waals surface area contributed by atoms with Gasteiger partial charge >= 0.3 is 0 Å². The molecule has 0 aliphatic rings. The highest BCUT2D eigenvalue weighted by atomic mass is 32.1. The van der Waals surface area contributed by atoms with Crippen molar-refractivity contribution in [2.75, 3.05) is 0 Å². The molecule has 3 aromatic rings. The van der Waals surface area contributed by atoms with E-state index < -0.39 is 11.7 Å². The highest BCUT2D eigenvalue weighted by molar-refractivity contribution is 7.18. The Kier molecular flexibility index (Phi) is 3.66. The number of carbonyl (C=O) groups excluding carboxylic acids is 1. The number of hydrogen-bond acceptors (Lipinski definition) is 3. The molecule has 0 aliphatic heterocycles. The summed E-state index contributed by atoms with van der Waals surface area (Å²) in [6.45, 7) is 2.08. The Bertz CT molecular complexity index is 780. The number of fused-ring (bicyclic) bond motifs is 1. The second-order valence-corrected chi connectivity index (χ2v) is 5.86. The van der Waals surface area contributed by atoms with E-state index in [0.717, 1.165) is 20.8 Å². The van der Waals surface area contributed by atoms with Gasteiger partial charge in [0, 0.05) is 0 Å². The van der Waals surface area contributed by atoms with Gasteiger partial charge in [-0.2, -0.15) is 0 Å². The number of carbonyl (C=O) groups is 1. The first-order valence-electron chi connectivity index (χ1n) is 6.52. The molecule has 0 radical (unpaired) electrons. The summed E-state index contributed by atoms with van der Waals surface area (Å²) < 4.78 is 14.8. The van der Waals surface area contributed by atoms with Crippen LogP contribution in [0.1, 0.15) is 20.9 Å². The lowest BCUT2D eigenvalue weighted by molar-refractivity contribution is 0.0947. The number of aryl methyl sites for hydroxylation is 1. The SMILES string of the molecule is Cc1ccc(C(=O)NCc2nc3ccccc3s2)c(F)c1. The number of benzene rings is 2. The molecule has 21 heavy (non-hydrogen) atoms. The van der Waals surface area contributed by atoms with E-state index in [2.05, 4.69) is 10.3 Å². The third-order valence-corrected chi connectivity index (χ3v) is 4.14. The second-order valence-electron chi connectivity index (χ2n) is 4.74. The number of hydrogen-bond donors (Lipinski definition) is 1. The molecule has 0 saturated carbocycles. The van der Waals surface area contributed by atoms with Crippen LogP contribution in [0.5, 0.6) is 0 Å². The number of halogens is 1. The van der Waals surface area contributed by atoms with Crippen molar-refractivity contribution in [3.05, 3.63) is 64.4 Å².